The van der Waals surface area contributed by atoms with Crippen LogP contribution in [0.3, 0.4) is 0 Å². The second-order valence-corrected chi connectivity index (χ2v) is 9.65. The molecule has 3 aromatic carbocycles. The van der Waals surface area contributed by atoms with Gasteiger partial charge < -0.3 is 5.32 Å². The van der Waals surface area contributed by atoms with Gasteiger partial charge in [0.2, 0.25) is 15.9 Å². The molecule has 0 fully saturated rings. The summed E-state index contributed by atoms with van der Waals surface area (Å²) >= 11 is 6.08. The van der Waals surface area contributed by atoms with Crippen LogP contribution >= 0.6 is 11.6 Å². The zero-order valence-corrected chi connectivity index (χ0v) is 19.1. The number of aryl methyl sites for hydroxylation is 2. The standard InChI is InChI=1S/C24H25ClN2O3S/c1-3-20-8-4-5-10-23(20)26-24(28)17-27(16-19-7-6-9-21(25)15-19)31(29,30)22-13-11-18(2)12-14-22/h4-15H,3,16-17H2,1-2H3,(H,26,28). The van der Waals surface area contributed by atoms with Crippen molar-refractivity contribution >= 4 is 33.2 Å². The maximum atomic E-state index is 13.4. The molecule has 0 aliphatic carbocycles. The van der Waals surface area contributed by atoms with Gasteiger partial charge in [0.05, 0.1) is 11.4 Å². The van der Waals surface area contributed by atoms with E-state index >= 15 is 0 Å². The Kier molecular flexibility index (Phi) is 7.49. The molecule has 1 N–H and O–H groups in total. The lowest BCUT2D eigenvalue weighted by molar-refractivity contribution is -0.116. The third-order valence-corrected chi connectivity index (χ3v) is 6.94. The lowest BCUT2D eigenvalue weighted by Gasteiger charge is -2.22. The average Bonchev–Trinajstić information content (AvgIpc) is 2.74. The van der Waals surface area contributed by atoms with Crippen molar-refractivity contribution in [1.82, 2.24) is 4.31 Å². The van der Waals surface area contributed by atoms with E-state index < -0.39 is 15.9 Å². The third kappa shape index (κ3) is 5.94. The molecule has 0 saturated carbocycles. The Morgan fingerprint density at radius 3 is 2.39 bits per heavy atom. The largest absolute Gasteiger partial charge is 0.325 e. The molecule has 0 atom stereocenters. The normalized spacial score (nSPS) is 11.5. The van der Waals surface area contributed by atoms with Crippen molar-refractivity contribution in [1.29, 1.82) is 0 Å². The molecule has 0 unspecified atom stereocenters. The van der Waals surface area contributed by atoms with Gasteiger partial charge >= 0.3 is 0 Å². The summed E-state index contributed by atoms with van der Waals surface area (Å²) in [5.41, 5.74) is 3.32. The van der Waals surface area contributed by atoms with Crippen LogP contribution in [0.25, 0.3) is 0 Å². The first-order valence-corrected chi connectivity index (χ1v) is 11.8. The van der Waals surface area contributed by atoms with Crippen LogP contribution in [0.1, 0.15) is 23.6 Å². The first-order valence-electron chi connectivity index (χ1n) is 9.98. The molecule has 0 aromatic heterocycles. The highest BCUT2D eigenvalue weighted by molar-refractivity contribution is 7.89. The molecule has 0 saturated heterocycles. The van der Waals surface area contributed by atoms with Crippen LogP contribution in [0.15, 0.2) is 77.7 Å². The first-order chi connectivity index (χ1) is 14.8. The second-order valence-electron chi connectivity index (χ2n) is 7.27. The Morgan fingerprint density at radius 1 is 1.00 bits per heavy atom. The Labute approximate surface area is 188 Å². The number of anilines is 1. The Bertz CT molecular complexity index is 1160. The van der Waals surface area contributed by atoms with E-state index in [1.165, 1.54) is 4.31 Å². The lowest BCUT2D eigenvalue weighted by Crippen LogP contribution is -2.37. The summed E-state index contributed by atoms with van der Waals surface area (Å²) in [5.74, 6) is -0.404. The number of amides is 1. The van der Waals surface area contributed by atoms with Crippen LogP contribution in [0, 0.1) is 6.92 Å². The van der Waals surface area contributed by atoms with Gasteiger partial charge in [0, 0.05) is 17.3 Å². The van der Waals surface area contributed by atoms with Crippen LogP contribution < -0.4 is 5.32 Å². The zero-order valence-electron chi connectivity index (χ0n) is 17.5. The molecule has 162 valence electrons. The molecule has 31 heavy (non-hydrogen) atoms. The number of rotatable bonds is 8. The van der Waals surface area contributed by atoms with Crippen molar-refractivity contribution in [3.8, 4) is 0 Å². The van der Waals surface area contributed by atoms with E-state index in [9.17, 15) is 13.2 Å². The number of sulfonamides is 1. The predicted molar refractivity (Wildman–Crippen MR) is 125 cm³/mol. The minimum atomic E-state index is -3.90. The lowest BCUT2D eigenvalue weighted by atomic mass is 10.1. The van der Waals surface area contributed by atoms with Gasteiger partial charge in [-0.1, -0.05) is 66.6 Å². The van der Waals surface area contributed by atoms with Gasteiger partial charge in [0.1, 0.15) is 0 Å². The summed E-state index contributed by atoms with van der Waals surface area (Å²) in [6.45, 7) is 3.59. The Morgan fingerprint density at radius 2 is 1.71 bits per heavy atom. The van der Waals surface area contributed by atoms with Gasteiger partial charge in [-0.15, -0.1) is 0 Å². The molecule has 1 amide bonds. The molecule has 0 radical (unpaired) electrons. The van der Waals surface area contributed by atoms with Gasteiger partial charge in [-0.3, -0.25) is 4.79 Å². The molecule has 0 bridgehead atoms. The zero-order chi connectivity index (χ0) is 22.4. The van der Waals surface area contributed by atoms with Crippen molar-refractivity contribution in [2.75, 3.05) is 11.9 Å². The minimum absolute atomic E-state index is 0.0274. The van der Waals surface area contributed by atoms with Crippen molar-refractivity contribution in [2.24, 2.45) is 0 Å². The number of nitrogens with one attached hydrogen (secondary N) is 1. The average molecular weight is 457 g/mol. The molecule has 3 aromatic rings. The molecular weight excluding hydrogens is 432 g/mol. The number of benzene rings is 3. The topological polar surface area (TPSA) is 66.5 Å². The number of carbonyl (C=O) groups is 1. The second kappa shape index (κ2) is 10.1. The van der Waals surface area contributed by atoms with Crippen molar-refractivity contribution in [3.63, 3.8) is 0 Å². The number of nitrogens with zero attached hydrogens (tertiary/aromatic N) is 1. The van der Waals surface area contributed by atoms with Crippen LogP contribution in [-0.2, 0) is 27.8 Å². The SMILES string of the molecule is CCc1ccccc1NC(=O)CN(Cc1cccc(Cl)c1)S(=O)(=O)c1ccc(C)cc1. The fraction of sp³-hybridized carbons (Fsp3) is 0.208. The summed E-state index contributed by atoms with van der Waals surface area (Å²) in [5, 5.41) is 3.36. The van der Waals surface area contributed by atoms with Crippen molar-refractivity contribution < 1.29 is 13.2 Å². The number of hydrogen-bond donors (Lipinski definition) is 1. The van der Waals surface area contributed by atoms with Crippen LogP contribution in [0.4, 0.5) is 5.69 Å². The van der Waals surface area contributed by atoms with Crippen molar-refractivity contribution in [3.05, 3.63) is 94.5 Å². The number of carbonyl (C=O) groups excluding carboxylic acids is 1. The molecule has 7 heteroatoms. The smallest absolute Gasteiger partial charge is 0.243 e. The maximum Gasteiger partial charge on any atom is 0.243 e. The Balaban J connectivity index is 1.89. The van der Waals surface area contributed by atoms with E-state index in [4.69, 9.17) is 11.6 Å². The third-order valence-electron chi connectivity index (χ3n) is 4.90. The molecule has 0 aliphatic heterocycles. The van der Waals surface area contributed by atoms with E-state index in [1.54, 1.807) is 48.5 Å². The molecular formula is C24H25ClN2O3S. The Hall–Kier alpha value is -2.67. The van der Waals surface area contributed by atoms with E-state index in [-0.39, 0.29) is 18.0 Å². The fourth-order valence-electron chi connectivity index (χ4n) is 3.22. The van der Waals surface area contributed by atoms with E-state index in [1.807, 2.05) is 38.1 Å². The summed E-state index contributed by atoms with van der Waals surface area (Å²) in [4.78, 5) is 13.0. The molecule has 0 spiro atoms. The quantitative estimate of drug-likeness (QED) is 0.516. The van der Waals surface area contributed by atoms with E-state index in [2.05, 4.69) is 5.32 Å². The summed E-state index contributed by atoms with van der Waals surface area (Å²) in [6, 6.07) is 21.0. The van der Waals surface area contributed by atoms with E-state index in [0.717, 1.165) is 17.5 Å². The van der Waals surface area contributed by atoms with Gasteiger partial charge in [-0.05, 0) is 54.8 Å². The highest BCUT2D eigenvalue weighted by Gasteiger charge is 2.27. The number of halogens is 1. The van der Waals surface area contributed by atoms with Gasteiger partial charge in [0.25, 0.3) is 0 Å². The van der Waals surface area contributed by atoms with Crippen LogP contribution in [0.5, 0.6) is 0 Å². The molecule has 3 rings (SSSR count). The first kappa shape index (κ1) is 23.0. The number of hydrogen-bond acceptors (Lipinski definition) is 3. The molecule has 0 aliphatic rings. The van der Waals surface area contributed by atoms with Gasteiger partial charge in [-0.2, -0.15) is 4.31 Å². The highest BCUT2D eigenvalue weighted by Crippen LogP contribution is 2.21. The van der Waals surface area contributed by atoms with Crippen LogP contribution in [-0.4, -0.2) is 25.2 Å². The molecule has 5 nitrogen and oxygen atoms in total. The summed E-state index contributed by atoms with van der Waals surface area (Å²) in [6.07, 6.45) is 0.754. The minimum Gasteiger partial charge on any atom is -0.325 e. The predicted octanol–water partition coefficient (Wildman–Crippen LogP) is 5.04. The molecule has 0 heterocycles. The summed E-state index contributed by atoms with van der Waals surface area (Å²) in [7, 11) is -3.90. The number of para-hydroxylation sites is 1. The maximum absolute atomic E-state index is 13.4. The van der Waals surface area contributed by atoms with E-state index in [0.29, 0.717) is 16.3 Å². The summed E-state index contributed by atoms with van der Waals surface area (Å²) < 4.78 is 27.9. The van der Waals surface area contributed by atoms with Gasteiger partial charge in [0.15, 0.2) is 0 Å². The van der Waals surface area contributed by atoms with Crippen LogP contribution in [0.2, 0.25) is 5.02 Å². The monoisotopic (exact) mass is 456 g/mol. The van der Waals surface area contributed by atoms with Gasteiger partial charge in [-0.25, -0.2) is 8.42 Å². The van der Waals surface area contributed by atoms with Crippen molar-refractivity contribution in [2.45, 2.75) is 31.7 Å². The fourth-order valence-corrected chi connectivity index (χ4v) is 4.82. The highest BCUT2D eigenvalue weighted by atomic mass is 35.5.